The number of nitrogens with zero attached hydrogens (tertiary/aromatic N) is 2. The molecule has 4 N–H and O–H groups in total. The van der Waals surface area contributed by atoms with Crippen LogP contribution in [0.25, 0.3) is 0 Å². The fourth-order valence-electron chi connectivity index (χ4n) is 3.24. The van der Waals surface area contributed by atoms with Crippen molar-refractivity contribution >= 4 is 40.9 Å². The van der Waals surface area contributed by atoms with Gasteiger partial charge in [-0.1, -0.05) is 23.2 Å². The van der Waals surface area contributed by atoms with Gasteiger partial charge in [0.2, 0.25) is 5.88 Å². The van der Waals surface area contributed by atoms with Crippen LogP contribution in [0, 0.1) is 6.92 Å². The second-order valence-electron chi connectivity index (χ2n) is 6.92. The number of carboxylic acids is 1. The zero-order valence-corrected chi connectivity index (χ0v) is 17.8. The van der Waals surface area contributed by atoms with Crippen LogP contribution in [0.15, 0.2) is 12.1 Å². The maximum absolute atomic E-state index is 12.5. The Kier molecular flexibility index (Phi) is 7.06. The van der Waals surface area contributed by atoms with Gasteiger partial charge < -0.3 is 30.2 Å². The molecule has 9 nitrogen and oxygen atoms in total. The molecule has 162 valence electrons. The quantitative estimate of drug-likeness (QED) is 0.503. The Bertz CT molecular complexity index is 941. The molecule has 0 aromatic carbocycles. The molecule has 2 aromatic heterocycles. The Morgan fingerprint density at radius 2 is 2.00 bits per heavy atom. The first-order valence-corrected chi connectivity index (χ1v) is 10.1. The standard InChI is InChI=1S/C19H22Cl2N4O5/c1-10-15(20)16(21)17(22-10)18(27)23-12-2-4-25(5-3-12)13-8-11(19(28)29)9-14(24-13)30-7-6-26/h8-9,12,22,26H,2-7H2,1H3,(H,23,27)(H,28,29). The number of aliphatic hydroxyl groups is 1. The second-order valence-corrected chi connectivity index (χ2v) is 7.67. The van der Waals surface area contributed by atoms with Gasteiger partial charge in [-0.3, -0.25) is 4.79 Å². The number of aromatic nitrogens is 2. The molecule has 3 rings (SSSR count). The number of carbonyl (C=O) groups is 2. The number of halogens is 2. The largest absolute Gasteiger partial charge is 0.478 e. The first-order valence-electron chi connectivity index (χ1n) is 9.38. The fourth-order valence-corrected chi connectivity index (χ4v) is 3.66. The molecule has 1 saturated heterocycles. The number of anilines is 1. The van der Waals surface area contributed by atoms with Crippen molar-refractivity contribution < 1.29 is 24.5 Å². The molecular weight excluding hydrogens is 435 g/mol. The first kappa shape index (κ1) is 22.2. The molecule has 0 aliphatic carbocycles. The highest BCUT2D eigenvalue weighted by atomic mass is 35.5. The average molecular weight is 457 g/mol. The average Bonchev–Trinajstić information content (AvgIpc) is 3.00. The molecule has 1 fully saturated rings. The minimum atomic E-state index is -1.09. The van der Waals surface area contributed by atoms with E-state index in [1.54, 1.807) is 6.92 Å². The van der Waals surface area contributed by atoms with E-state index in [1.807, 2.05) is 4.90 Å². The van der Waals surface area contributed by atoms with Crippen LogP contribution in [-0.2, 0) is 0 Å². The van der Waals surface area contributed by atoms with E-state index in [9.17, 15) is 14.7 Å². The van der Waals surface area contributed by atoms with Crippen molar-refractivity contribution in [1.29, 1.82) is 0 Å². The van der Waals surface area contributed by atoms with Gasteiger partial charge in [0.15, 0.2) is 0 Å². The Morgan fingerprint density at radius 3 is 2.57 bits per heavy atom. The topological polar surface area (TPSA) is 128 Å². The normalized spacial score (nSPS) is 14.6. The predicted octanol–water partition coefficient (Wildman–Crippen LogP) is 2.49. The summed E-state index contributed by atoms with van der Waals surface area (Å²) in [5, 5.41) is 21.7. The number of hydrogen-bond acceptors (Lipinski definition) is 6. The Labute approximate surface area is 183 Å². The third kappa shape index (κ3) is 4.97. The summed E-state index contributed by atoms with van der Waals surface area (Å²) in [5.41, 5.74) is 0.922. The molecule has 0 atom stereocenters. The van der Waals surface area contributed by atoms with Crippen LogP contribution in [0.3, 0.4) is 0 Å². The number of aryl methyl sites for hydroxylation is 1. The minimum absolute atomic E-state index is 0.0222. The van der Waals surface area contributed by atoms with Crippen LogP contribution in [-0.4, -0.2) is 64.4 Å². The lowest BCUT2D eigenvalue weighted by molar-refractivity contribution is 0.0695. The number of H-pyrrole nitrogens is 1. The third-order valence-corrected chi connectivity index (χ3v) is 5.76. The monoisotopic (exact) mass is 456 g/mol. The van der Waals surface area contributed by atoms with Crippen LogP contribution < -0.4 is 15.0 Å². The highest BCUT2D eigenvalue weighted by Gasteiger charge is 2.25. The van der Waals surface area contributed by atoms with Gasteiger partial charge >= 0.3 is 5.97 Å². The molecule has 0 radical (unpaired) electrons. The Morgan fingerprint density at radius 1 is 1.30 bits per heavy atom. The number of aromatic amines is 1. The number of aromatic carboxylic acids is 1. The summed E-state index contributed by atoms with van der Waals surface area (Å²) in [7, 11) is 0. The van der Waals surface area contributed by atoms with Gasteiger partial charge in [-0.2, -0.15) is 4.98 Å². The van der Waals surface area contributed by atoms with E-state index in [1.165, 1.54) is 12.1 Å². The Balaban J connectivity index is 1.65. The molecule has 1 aliphatic rings. The van der Waals surface area contributed by atoms with Crippen molar-refractivity contribution in [3.05, 3.63) is 39.1 Å². The number of aliphatic hydroxyl groups excluding tert-OH is 1. The SMILES string of the molecule is Cc1[nH]c(C(=O)NC2CCN(c3cc(C(=O)O)cc(OCCO)n3)CC2)c(Cl)c1Cl. The smallest absolute Gasteiger partial charge is 0.336 e. The van der Waals surface area contributed by atoms with E-state index in [0.717, 1.165) is 0 Å². The van der Waals surface area contributed by atoms with Crippen molar-refractivity contribution in [2.45, 2.75) is 25.8 Å². The van der Waals surface area contributed by atoms with E-state index in [2.05, 4.69) is 15.3 Å². The summed E-state index contributed by atoms with van der Waals surface area (Å²) in [6, 6.07) is 2.73. The van der Waals surface area contributed by atoms with Gasteiger partial charge in [0.05, 0.1) is 22.2 Å². The van der Waals surface area contributed by atoms with Gasteiger partial charge in [0, 0.05) is 30.9 Å². The molecule has 0 saturated carbocycles. The molecule has 1 aliphatic heterocycles. The summed E-state index contributed by atoms with van der Waals surface area (Å²) in [4.78, 5) is 33.1. The maximum atomic E-state index is 12.5. The first-order chi connectivity index (χ1) is 14.3. The Hall–Kier alpha value is -2.49. The lowest BCUT2D eigenvalue weighted by Crippen LogP contribution is -2.45. The molecule has 11 heteroatoms. The summed E-state index contributed by atoms with van der Waals surface area (Å²) in [5.74, 6) is -0.795. The molecule has 2 aromatic rings. The van der Waals surface area contributed by atoms with Crippen molar-refractivity contribution in [2.75, 3.05) is 31.2 Å². The number of amides is 1. The third-order valence-electron chi connectivity index (χ3n) is 4.81. The number of carboxylic acid groups (broad SMARTS) is 1. The van der Waals surface area contributed by atoms with E-state index >= 15 is 0 Å². The van der Waals surface area contributed by atoms with E-state index in [-0.39, 0.29) is 47.3 Å². The molecule has 0 bridgehead atoms. The van der Waals surface area contributed by atoms with Crippen molar-refractivity contribution in [3.63, 3.8) is 0 Å². The van der Waals surface area contributed by atoms with Gasteiger partial charge in [-0.25, -0.2) is 4.79 Å². The van der Waals surface area contributed by atoms with Gasteiger partial charge in [-0.15, -0.1) is 0 Å². The number of rotatable bonds is 7. The molecule has 0 unspecified atom stereocenters. The van der Waals surface area contributed by atoms with Crippen LogP contribution in [0.5, 0.6) is 5.88 Å². The zero-order chi connectivity index (χ0) is 21.8. The van der Waals surface area contributed by atoms with E-state index in [0.29, 0.717) is 42.5 Å². The number of pyridine rings is 1. The molecule has 3 heterocycles. The van der Waals surface area contributed by atoms with Gasteiger partial charge in [0.1, 0.15) is 18.1 Å². The van der Waals surface area contributed by atoms with Gasteiger partial charge in [-0.05, 0) is 25.8 Å². The summed E-state index contributed by atoms with van der Waals surface area (Å²) < 4.78 is 5.29. The number of hydrogen-bond donors (Lipinski definition) is 4. The van der Waals surface area contributed by atoms with Crippen molar-refractivity contribution in [3.8, 4) is 5.88 Å². The van der Waals surface area contributed by atoms with Crippen LogP contribution in [0.1, 0.15) is 39.4 Å². The maximum Gasteiger partial charge on any atom is 0.336 e. The van der Waals surface area contributed by atoms with Crippen LogP contribution in [0.2, 0.25) is 10.0 Å². The molecule has 1 amide bonds. The summed E-state index contributed by atoms with van der Waals surface area (Å²) in [6.07, 6.45) is 1.28. The van der Waals surface area contributed by atoms with E-state index in [4.69, 9.17) is 33.0 Å². The molecule has 0 spiro atoms. The summed E-state index contributed by atoms with van der Waals surface area (Å²) in [6.45, 7) is 2.70. The number of piperidine rings is 1. The fraction of sp³-hybridized carbons (Fsp3) is 0.421. The predicted molar refractivity (Wildman–Crippen MR) is 112 cm³/mol. The lowest BCUT2D eigenvalue weighted by atomic mass is 10.0. The zero-order valence-electron chi connectivity index (χ0n) is 16.2. The number of carbonyl (C=O) groups excluding carboxylic acids is 1. The number of ether oxygens (including phenoxy) is 1. The molecule has 30 heavy (non-hydrogen) atoms. The van der Waals surface area contributed by atoms with Crippen LogP contribution >= 0.6 is 23.2 Å². The minimum Gasteiger partial charge on any atom is -0.478 e. The van der Waals surface area contributed by atoms with Crippen LogP contribution in [0.4, 0.5) is 5.82 Å². The highest BCUT2D eigenvalue weighted by Crippen LogP contribution is 2.29. The summed E-state index contributed by atoms with van der Waals surface area (Å²) >= 11 is 12.1. The van der Waals surface area contributed by atoms with Gasteiger partial charge in [0.25, 0.3) is 5.91 Å². The molecular formula is C19H22Cl2N4O5. The lowest BCUT2D eigenvalue weighted by Gasteiger charge is -2.33. The van der Waals surface area contributed by atoms with E-state index < -0.39 is 5.97 Å². The number of nitrogens with one attached hydrogen (secondary N) is 2. The van der Waals surface area contributed by atoms with Crippen molar-refractivity contribution in [2.24, 2.45) is 0 Å². The van der Waals surface area contributed by atoms with Crippen molar-refractivity contribution in [1.82, 2.24) is 15.3 Å². The second kappa shape index (κ2) is 9.55. The highest BCUT2D eigenvalue weighted by molar-refractivity contribution is 6.44.